The molecular formula is C21H30F2N2O2. The summed E-state index contributed by atoms with van der Waals surface area (Å²) in [5.41, 5.74) is 0.188. The lowest BCUT2D eigenvalue weighted by molar-refractivity contribution is -0.149. The SMILES string of the molecule is COCC1(C(=O)N2CCC(CCc3ccc(F)cc3F)CC2)CCNCC1. The van der Waals surface area contributed by atoms with Crippen molar-refractivity contribution in [2.45, 2.75) is 38.5 Å². The van der Waals surface area contributed by atoms with E-state index in [9.17, 15) is 13.6 Å². The standard InChI is InChI=1S/C21H30F2N2O2/c1-27-15-21(8-10-24-11-9-21)20(26)25-12-6-16(7-13-25)2-3-17-4-5-18(22)14-19(17)23/h4-5,14,16,24H,2-3,6-13,15H2,1H3. The first-order valence-electron chi connectivity index (χ1n) is 9.97. The third-order valence-corrected chi connectivity index (χ3v) is 6.17. The number of piperidine rings is 2. The van der Waals surface area contributed by atoms with Crippen LogP contribution in [0.5, 0.6) is 0 Å². The molecular weight excluding hydrogens is 350 g/mol. The van der Waals surface area contributed by atoms with Crippen molar-refractivity contribution in [1.29, 1.82) is 0 Å². The van der Waals surface area contributed by atoms with Gasteiger partial charge in [0.15, 0.2) is 0 Å². The Morgan fingerprint density at radius 1 is 1.26 bits per heavy atom. The third kappa shape index (κ3) is 4.85. The number of nitrogens with one attached hydrogen (secondary N) is 1. The molecule has 2 fully saturated rings. The highest BCUT2D eigenvalue weighted by Crippen LogP contribution is 2.34. The van der Waals surface area contributed by atoms with E-state index in [1.54, 1.807) is 7.11 Å². The fourth-order valence-electron chi connectivity index (χ4n) is 4.45. The van der Waals surface area contributed by atoms with E-state index < -0.39 is 11.6 Å². The molecule has 27 heavy (non-hydrogen) atoms. The van der Waals surface area contributed by atoms with Crippen LogP contribution < -0.4 is 5.32 Å². The fourth-order valence-corrected chi connectivity index (χ4v) is 4.45. The van der Waals surface area contributed by atoms with Crippen LogP contribution in [0, 0.1) is 23.0 Å². The Bertz CT molecular complexity index is 634. The summed E-state index contributed by atoms with van der Waals surface area (Å²) in [6, 6.07) is 3.80. The van der Waals surface area contributed by atoms with Gasteiger partial charge in [-0.2, -0.15) is 0 Å². The summed E-state index contributed by atoms with van der Waals surface area (Å²) in [6.45, 7) is 3.71. The molecule has 3 rings (SSSR count). The summed E-state index contributed by atoms with van der Waals surface area (Å²) < 4.78 is 32.2. The number of hydrogen-bond donors (Lipinski definition) is 1. The van der Waals surface area contributed by atoms with Gasteiger partial charge in [0.25, 0.3) is 0 Å². The average molecular weight is 380 g/mol. The summed E-state index contributed by atoms with van der Waals surface area (Å²) in [4.78, 5) is 15.2. The van der Waals surface area contributed by atoms with E-state index in [1.807, 2.05) is 4.90 Å². The monoisotopic (exact) mass is 380 g/mol. The number of amides is 1. The summed E-state index contributed by atoms with van der Waals surface area (Å²) in [6.07, 6.45) is 5.01. The first-order valence-corrected chi connectivity index (χ1v) is 9.97. The van der Waals surface area contributed by atoms with Crippen molar-refractivity contribution in [1.82, 2.24) is 10.2 Å². The van der Waals surface area contributed by atoms with Gasteiger partial charge in [0.05, 0.1) is 12.0 Å². The summed E-state index contributed by atoms with van der Waals surface area (Å²) in [7, 11) is 1.66. The van der Waals surface area contributed by atoms with Crippen molar-refractivity contribution >= 4 is 5.91 Å². The number of ether oxygens (including phenoxy) is 1. The van der Waals surface area contributed by atoms with Crippen LogP contribution in [0.15, 0.2) is 18.2 Å². The Morgan fingerprint density at radius 3 is 2.59 bits per heavy atom. The van der Waals surface area contributed by atoms with Gasteiger partial charge in [-0.3, -0.25) is 4.79 Å². The number of benzene rings is 1. The minimum atomic E-state index is -0.536. The molecule has 0 spiro atoms. The van der Waals surface area contributed by atoms with Crippen LogP contribution in [0.25, 0.3) is 0 Å². The van der Waals surface area contributed by atoms with E-state index in [1.165, 1.54) is 12.1 Å². The molecule has 1 N–H and O–H groups in total. The zero-order chi connectivity index (χ0) is 19.3. The maximum atomic E-state index is 13.8. The summed E-state index contributed by atoms with van der Waals surface area (Å²) >= 11 is 0. The molecule has 2 aliphatic heterocycles. The molecule has 0 radical (unpaired) electrons. The van der Waals surface area contributed by atoms with Gasteiger partial charge in [-0.15, -0.1) is 0 Å². The molecule has 2 aliphatic rings. The van der Waals surface area contributed by atoms with Crippen molar-refractivity contribution in [3.05, 3.63) is 35.4 Å². The van der Waals surface area contributed by atoms with Crippen molar-refractivity contribution in [3.63, 3.8) is 0 Å². The highest BCUT2D eigenvalue weighted by Gasteiger charge is 2.42. The van der Waals surface area contributed by atoms with Gasteiger partial charge in [-0.25, -0.2) is 8.78 Å². The minimum Gasteiger partial charge on any atom is -0.384 e. The minimum absolute atomic E-state index is 0.230. The van der Waals surface area contributed by atoms with Gasteiger partial charge < -0.3 is 15.0 Å². The summed E-state index contributed by atoms with van der Waals surface area (Å²) in [5, 5.41) is 3.32. The fraction of sp³-hybridized carbons (Fsp3) is 0.667. The Hall–Kier alpha value is -1.53. The molecule has 4 nitrogen and oxygen atoms in total. The lowest BCUT2D eigenvalue weighted by Gasteiger charge is -2.42. The quantitative estimate of drug-likeness (QED) is 0.824. The number of methoxy groups -OCH3 is 1. The number of carbonyl (C=O) groups is 1. The molecule has 2 heterocycles. The third-order valence-electron chi connectivity index (χ3n) is 6.17. The molecule has 6 heteroatoms. The van der Waals surface area contributed by atoms with E-state index in [2.05, 4.69) is 5.32 Å². The second-order valence-corrected chi connectivity index (χ2v) is 7.97. The zero-order valence-corrected chi connectivity index (χ0v) is 16.1. The highest BCUT2D eigenvalue weighted by molar-refractivity contribution is 5.83. The maximum Gasteiger partial charge on any atom is 0.231 e. The van der Waals surface area contributed by atoms with Gasteiger partial charge >= 0.3 is 0 Å². The largest absolute Gasteiger partial charge is 0.384 e. The Balaban J connectivity index is 1.51. The predicted octanol–water partition coefficient (Wildman–Crippen LogP) is 3.15. The van der Waals surface area contributed by atoms with E-state index in [0.717, 1.165) is 64.3 Å². The Morgan fingerprint density at radius 2 is 1.96 bits per heavy atom. The number of carbonyl (C=O) groups excluding carboxylic acids is 1. The molecule has 1 amide bonds. The van der Waals surface area contributed by atoms with Crippen molar-refractivity contribution < 1.29 is 18.3 Å². The lowest BCUT2D eigenvalue weighted by Crippen LogP contribution is -2.53. The molecule has 0 aliphatic carbocycles. The molecule has 0 atom stereocenters. The number of likely N-dealkylation sites (tertiary alicyclic amines) is 1. The second-order valence-electron chi connectivity index (χ2n) is 7.97. The van der Waals surface area contributed by atoms with Crippen molar-refractivity contribution in [3.8, 4) is 0 Å². The topological polar surface area (TPSA) is 41.6 Å². The van der Waals surface area contributed by atoms with E-state index in [-0.39, 0.29) is 11.3 Å². The Kier molecular flexibility index (Phi) is 6.82. The molecule has 0 aromatic heterocycles. The number of halogens is 2. The highest BCUT2D eigenvalue weighted by atomic mass is 19.1. The average Bonchev–Trinajstić information content (AvgIpc) is 2.68. The molecule has 2 saturated heterocycles. The van der Waals surface area contributed by atoms with Gasteiger partial charge in [-0.1, -0.05) is 6.07 Å². The van der Waals surface area contributed by atoms with E-state index in [0.29, 0.717) is 24.5 Å². The van der Waals surface area contributed by atoms with Crippen LogP contribution in [0.4, 0.5) is 8.78 Å². The predicted molar refractivity (Wildman–Crippen MR) is 100 cm³/mol. The van der Waals surface area contributed by atoms with Crippen LogP contribution in [0.1, 0.15) is 37.7 Å². The molecule has 1 aromatic rings. The lowest BCUT2D eigenvalue weighted by atomic mass is 9.77. The van der Waals surface area contributed by atoms with Gasteiger partial charge in [0.1, 0.15) is 11.6 Å². The number of aryl methyl sites for hydroxylation is 1. The number of rotatable bonds is 6. The molecule has 0 unspecified atom stereocenters. The van der Waals surface area contributed by atoms with Crippen LogP contribution >= 0.6 is 0 Å². The molecule has 0 saturated carbocycles. The Labute approximate surface area is 160 Å². The van der Waals surface area contributed by atoms with Crippen LogP contribution in [0.2, 0.25) is 0 Å². The van der Waals surface area contributed by atoms with Crippen molar-refractivity contribution in [2.75, 3.05) is 39.9 Å². The maximum absolute atomic E-state index is 13.8. The first-order chi connectivity index (χ1) is 13.0. The van der Waals surface area contributed by atoms with Crippen molar-refractivity contribution in [2.24, 2.45) is 11.3 Å². The van der Waals surface area contributed by atoms with Gasteiger partial charge in [0, 0.05) is 26.3 Å². The van der Waals surface area contributed by atoms with Crippen LogP contribution in [0.3, 0.4) is 0 Å². The van der Waals surface area contributed by atoms with Gasteiger partial charge in [0.2, 0.25) is 5.91 Å². The second kappa shape index (κ2) is 9.11. The molecule has 1 aromatic carbocycles. The van der Waals surface area contributed by atoms with Crippen LogP contribution in [-0.4, -0.2) is 50.7 Å². The smallest absolute Gasteiger partial charge is 0.231 e. The first kappa shape index (κ1) is 20.2. The number of hydrogen-bond acceptors (Lipinski definition) is 3. The number of nitrogens with zero attached hydrogens (tertiary/aromatic N) is 1. The zero-order valence-electron chi connectivity index (χ0n) is 16.1. The van der Waals surface area contributed by atoms with Gasteiger partial charge in [-0.05, 0) is 69.2 Å². The summed E-state index contributed by atoms with van der Waals surface area (Å²) in [5.74, 6) is -0.292. The molecule has 150 valence electrons. The van der Waals surface area contributed by atoms with Crippen LogP contribution in [-0.2, 0) is 16.0 Å². The van der Waals surface area contributed by atoms with E-state index >= 15 is 0 Å². The van der Waals surface area contributed by atoms with E-state index in [4.69, 9.17) is 4.74 Å². The molecule has 0 bridgehead atoms. The normalized spacial score (nSPS) is 20.6.